The zero-order valence-corrected chi connectivity index (χ0v) is 19.8. The molecular weight excluding hydrogens is 440 g/mol. The van der Waals surface area contributed by atoms with E-state index in [-0.39, 0.29) is 12.1 Å². The minimum absolute atomic E-state index is 0.100. The molecule has 5 rings (SSSR count). The van der Waals surface area contributed by atoms with Crippen molar-refractivity contribution >= 4 is 57.4 Å². The molecule has 1 aliphatic rings. The Balaban J connectivity index is 1.77. The number of carbonyl (C=O) groups is 2. The van der Waals surface area contributed by atoms with Crippen LogP contribution in [0.5, 0.6) is 0 Å². The number of benzene rings is 2. The van der Waals surface area contributed by atoms with Crippen molar-refractivity contribution in [1.82, 2.24) is 9.80 Å². The van der Waals surface area contributed by atoms with Crippen molar-refractivity contribution in [2.75, 3.05) is 28.2 Å². The maximum Gasteiger partial charge on any atom is 0.497 e. The number of carbonyl (C=O) groups excluding carboxylic acids is 2. The van der Waals surface area contributed by atoms with Gasteiger partial charge in [-0.3, -0.25) is 0 Å². The summed E-state index contributed by atoms with van der Waals surface area (Å²) in [5, 5.41) is 2.07. The lowest BCUT2D eigenvalue weighted by Crippen LogP contribution is -2.50. The highest BCUT2D eigenvalue weighted by molar-refractivity contribution is 8.05. The Morgan fingerprint density at radius 2 is 1.06 bits per heavy atom. The van der Waals surface area contributed by atoms with Gasteiger partial charge in [-0.2, -0.15) is 18.7 Å². The van der Waals surface area contributed by atoms with Crippen molar-refractivity contribution in [3.05, 3.63) is 60.9 Å². The number of para-hydroxylation sites is 2. The van der Waals surface area contributed by atoms with Crippen LogP contribution in [-0.2, 0) is 0 Å². The van der Waals surface area contributed by atoms with Gasteiger partial charge < -0.3 is 0 Å². The summed E-state index contributed by atoms with van der Waals surface area (Å²) in [5.41, 5.74) is 1.75. The highest BCUT2D eigenvalue weighted by Gasteiger charge is 2.31. The number of aromatic nitrogens is 2. The van der Waals surface area contributed by atoms with Gasteiger partial charge in [-0.25, -0.2) is 9.80 Å². The van der Waals surface area contributed by atoms with Gasteiger partial charge in [0.25, 0.3) is 0 Å². The van der Waals surface area contributed by atoms with E-state index in [4.69, 9.17) is 0 Å². The van der Waals surface area contributed by atoms with Crippen LogP contribution < -0.4 is 9.13 Å². The maximum absolute atomic E-state index is 12.9. The number of pyridine rings is 2. The molecule has 1 aliphatic heterocycles. The van der Waals surface area contributed by atoms with E-state index < -0.39 is 0 Å². The van der Waals surface area contributed by atoms with Crippen molar-refractivity contribution < 1.29 is 18.7 Å². The first-order valence-corrected chi connectivity index (χ1v) is 11.7. The normalized spacial score (nSPS) is 12.4. The molecule has 0 aliphatic carbocycles. The lowest BCUT2D eigenvalue weighted by Gasteiger charge is -2.22. The highest BCUT2D eigenvalue weighted by atomic mass is 32.2. The summed E-state index contributed by atoms with van der Waals surface area (Å²) in [6.45, 7) is 0. The molecule has 0 atom stereocenters. The zero-order valence-electron chi connectivity index (χ0n) is 18.2. The summed E-state index contributed by atoms with van der Waals surface area (Å²) in [6, 6.07) is 15.8. The van der Waals surface area contributed by atoms with Gasteiger partial charge in [0.05, 0.1) is 38.0 Å². The topological polar surface area (TPSA) is 48.4 Å². The van der Waals surface area contributed by atoms with Crippen LogP contribution in [0.25, 0.3) is 21.8 Å². The van der Waals surface area contributed by atoms with Crippen molar-refractivity contribution in [2.24, 2.45) is 0 Å². The Kier molecular flexibility index (Phi) is 5.06. The molecule has 0 N–H and O–H groups in total. The molecule has 160 valence electrons. The first-order chi connectivity index (χ1) is 15.4. The van der Waals surface area contributed by atoms with Gasteiger partial charge in [0, 0.05) is 20.6 Å². The predicted molar refractivity (Wildman–Crippen MR) is 125 cm³/mol. The zero-order chi connectivity index (χ0) is 22.6. The van der Waals surface area contributed by atoms with E-state index in [1.807, 2.05) is 48.8 Å². The maximum atomic E-state index is 12.9. The number of hydrogen-bond acceptors (Lipinski definition) is 4. The van der Waals surface area contributed by atoms with E-state index in [0.717, 1.165) is 41.4 Å². The lowest BCUT2D eigenvalue weighted by atomic mass is 10.2. The van der Waals surface area contributed by atoms with Crippen LogP contribution in [0.15, 0.2) is 80.5 Å². The molecular formula is C24H22N4O2S2+2. The van der Waals surface area contributed by atoms with E-state index >= 15 is 0 Å². The molecule has 0 unspecified atom stereocenters. The third-order valence-electron chi connectivity index (χ3n) is 5.36. The highest BCUT2D eigenvalue weighted by Crippen LogP contribution is 2.51. The molecule has 3 heterocycles. The standard InChI is InChI=1S/C24H22N4O2S2/c1-25(2)23(29)27-13-19-21(15-9-5-7-11-17(15)27)32-22-16-10-6-8-12-18(16)28(14-20(22)31-19)24(30)26(3)4/h5-14H,1-4H3/q+2. The van der Waals surface area contributed by atoms with Gasteiger partial charge in [-0.05, 0) is 24.3 Å². The fraction of sp³-hybridized carbons (Fsp3) is 0.167. The van der Waals surface area contributed by atoms with Crippen molar-refractivity contribution in [1.29, 1.82) is 0 Å². The van der Waals surface area contributed by atoms with Gasteiger partial charge in [0.2, 0.25) is 0 Å². The molecule has 6 nitrogen and oxygen atoms in total. The summed E-state index contributed by atoms with van der Waals surface area (Å²) >= 11 is 3.30. The minimum atomic E-state index is -0.100. The summed E-state index contributed by atoms with van der Waals surface area (Å²) in [7, 11) is 7.01. The largest absolute Gasteiger partial charge is 0.497 e. The fourth-order valence-electron chi connectivity index (χ4n) is 3.83. The quantitative estimate of drug-likeness (QED) is 0.323. The molecule has 0 saturated heterocycles. The SMILES string of the molecule is CN(C)C(=O)[n+]1cc2c(c3ccccc31)Sc1c(c[n+](C(=O)N(C)C)c3ccccc13)S2. The molecule has 2 amide bonds. The number of amides is 2. The second-order valence-electron chi connectivity index (χ2n) is 7.98. The number of rotatable bonds is 0. The van der Waals surface area contributed by atoms with Crippen LogP contribution in [0.4, 0.5) is 9.59 Å². The van der Waals surface area contributed by atoms with E-state index in [0.29, 0.717) is 0 Å². The number of hydrogen-bond donors (Lipinski definition) is 0. The van der Waals surface area contributed by atoms with Crippen molar-refractivity contribution in [3.8, 4) is 0 Å². The van der Waals surface area contributed by atoms with Gasteiger partial charge in [-0.15, -0.1) is 0 Å². The van der Waals surface area contributed by atoms with Crippen molar-refractivity contribution in [3.63, 3.8) is 0 Å². The fourth-order valence-corrected chi connectivity index (χ4v) is 6.37. The lowest BCUT2D eigenvalue weighted by molar-refractivity contribution is -0.552. The van der Waals surface area contributed by atoms with Crippen LogP contribution >= 0.6 is 23.5 Å². The summed E-state index contributed by atoms with van der Waals surface area (Å²) in [5.74, 6) is 0. The Labute approximate surface area is 194 Å². The smallest absolute Gasteiger partial charge is 0.231 e. The van der Waals surface area contributed by atoms with E-state index in [1.165, 1.54) is 0 Å². The Morgan fingerprint density at radius 1 is 0.656 bits per heavy atom. The summed E-state index contributed by atoms with van der Waals surface area (Å²) in [6.07, 6.45) is 3.82. The van der Waals surface area contributed by atoms with Crippen LogP contribution in [0.2, 0.25) is 0 Å². The third-order valence-corrected chi connectivity index (χ3v) is 7.96. The third kappa shape index (κ3) is 3.22. The van der Waals surface area contributed by atoms with Crippen LogP contribution in [-0.4, -0.2) is 50.1 Å². The molecule has 0 radical (unpaired) electrons. The molecule has 4 aromatic rings. The second kappa shape index (κ2) is 7.79. The Bertz CT molecular complexity index is 1330. The average Bonchev–Trinajstić information content (AvgIpc) is 2.80. The summed E-state index contributed by atoms with van der Waals surface area (Å²) < 4.78 is 3.40. The van der Waals surface area contributed by atoms with Gasteiger partial charge in [-0.1, -0.05) is 47.8 Å². The summed E-state index contributed by atoms with van der Waals surface area (Å²) in [4.78, 5) is 33.2. The Hall–Kier alpha value is -3.10. The molecule has 0 bridgehead atoms. The molecule has 32 heavy (non-hydrogen) atoms. The molecule has 8 heteroatoms. The van der Waals surface area contributed by atoms with Crippen LogP contribution in [0.3, 0.4) is 0 Å². The van der Waals surface area contributed by atoms with E-state index in [9.17, 15) is 9.59 Å². The molecule has 0 fully saturated rings. The van der Waals surface area contributed by atoms with Crippen LogP contribution in [0.1, 0.15) is 0 Å². The van der Waals surface area contributed by atoms with Gasteiger partial charge in [0.1, 0.15) is 23.4 Å². The van der Waals surface area contributed by atoms with Crippen molar-refractivity contribution in [2.45, 2.75) is 19.6 Å². The molecule has 2 aromatic heterocycles. The van der Waals surface area contributed by atoms with E-state index in [2.05, 4.69) is 12.1 Å². The van der Waals surface area contributed by atoms with Crippen LogP contribution in [0, 0.1) is 0 Å². The monoisotopic (exact) mass is 462 g/mol. The van der Waals surface area contributed by atoms with Gasteiger partial charge in [0.15, 0.2) is 0 Å². The number of fused-ring (bicyclic) bond motifs is 6. The van der Waals surface area contributed by atoms with Gasteiger partial charge >= 0.3 is 12.1 Å². The van der Waals surface area contributed by atoms with E-state index in [1.54, 1.807) is 70.6 Å². The predicted octanol–water partition coefficient (Wildman–Crippen LogP) is 4.24. The Morgan fingerprint density at radius 3 is 1.47 bits per heavy atom. The second-order valence-corrected chi connectivity index (χ2v) is 10.1. The number of nitrogens with zero attached hydrogens (tertiary/aromatic N) is 4. The first kappa shape index (κ1) is 20.8. The first-order valence-electron chi connectivity index (χ1n) is 10.1. The molecule has 2 aromatic carbocycles. The molecule has 0 spiro atoms. The average molecular weight is 463 g/mol. The minimum Gasteiger partial charge on any atom is -0.231 e. The molecule has 0 saturated carbocycles.